The van der Waals surface area contributed by atoms with Crippen LogP contribution in [-0.2, 0) is 38.5 Å². The van der Waals surface area contributed by atoms with Gasteiger partial charge in [0.2, 0.25) is 0 Å². The summed E-state index contributed by atoms with van der Waals surface area (Å²) in [5.41, 5.74) is 15.0. The number of allylic oxidation sites excluding steroid dienone is 4. The summed E-state index contributed by atoms with van der Waals surface area (Å²) in [4.78, 5) is 0. The van der Waals surface area contributed by atoms with Crippen LogP contribution in [-0.4, -0.2) is 3.71 Å². The van der Waals surface area contributed by atoms with E-state index in [1.54, 1.807) is 17.7 Å². The van der Waals surface area contributed by atoms with E-state index < -0.39 is 21.3 Å². The molecule has 0 N–H and O–H groups in total. The summed E-state index contributed by atoms with van der Waals surface area (Å²) in [5.74, 6) is 0.524. The first-order chi connectivity index (χ1) is 17.7. The molecule has 3 heteroatoms. The van der Waals surface area contributed by atoms with Crippen molar-refractivity contribution in [2.24, 2.45) is 5.92 Å². The van der Waals surface area contributed by atoms with Crippen molar-refractivity contribution in [2.75, 3.05) is 0 Å². The van der Waals surface area contributed by atoms with Crippen LogP contribution in [0.1, 0.15) is 95.7 Å². The van der Waals surface area contributed by atoms with Crippen LogP contribution in [0.5, 0.6) is 0 Å². The van der Waals surface area contributed by atoms with Crippen molar-refractivity contribution in [3.8, 4) is 11.1 Å². The van der Waals surface area contributed by atoms with Crippen molar-refractivity contribution in [3.05, 3.63) is 108 Å². The molecule has 3 aromatic rings. The van der Waals surface area contributed by atoms with Crippen molar-refractivity contribution in [1.29, 1.82) is 0 Å². The summed E-state index contributed by atoms with van der Waals surface area (Å²) >= 11 is -2.45. The topological polar surface area (TPSA) is 0 Å². The van der Waals surface area contributed by atoms with Gasteiger partial charge in [0.05, 0.1) is 0 Å². The Morgan fingerprint density at radius 3 is 1.90 bits per heavy atom. The van der Waals surface area contributed by atoms with E-state index in [9.17, 15) is 0 Å². The van der Waals surface area contributed by atoms with Gasteiger partial charge in [0, 0.05) is 0 Å². The molecule has 0 aromatic heterocycles. The van der Waals surface area contributed by atoms with Crippen LogP contribution in [0.3, 0.4) is 0 Å². The van der Waals surface area contributed by atoms with Crippen LogP contribution in [0.15, 0.2) is 75.1 Å². The van der Waals surface area contributed by atoms with E-state index in [1.807, 2.05) is 0 Å². The Hall–Kier alpha value is -1.53. The summed E-state index contributed by atoms with van der Waals surface area (Å²) < 4.78 is 6.17. The maximum absolute atomic E-state index is 2.73. The third-order valence-corrected chi connectivity index (χ3v) is 16.2. The van der Waals surface area contributed by atoms with E-state index >= 15 is 0 Å². The molecule has 2 aliphatic carbocycles. The normalized spacial score (nSPS) is 16.2. The second kappa shape index (κ2) is 12.0. The molecule has 2 aliphatic rings. The van der Waals surface area contributed by atoms with E-state index in [0.29, 0.717) is 5.92 Å². The zero-order valence-electron chi connectivity index (χ0n) is 25.9. The summed E-state index contributed by atoms with van der Waals surface area (Å²) in [6, 6.07) is 21.7. The number of hydrogen-bond acceptors (Lipinski definition) is 0. The first-order valence-corrected chi connectivity index (χ1v) is 18.1. The zero-order chi connectivity index (χ0) is 27.6. The maximum Gasteiger partial charge on any atom is -1.00 e. The Labute approximate surface area is 263 Å². The minimum atomic E-state index is -2.45. The average molecular weight is 651 g/mol. The first kappa shape index (κ1) is 33.0. The fourth-order valence-corrected chi connectivity index (χ4v) is 13.9. The van der Waals surface area contributed by atoms with E-state index in [-0.39, 0.29) is 35.6 Å². The predicted octanol–water partition coefficient (Wildman–Crippen LogP) is 3.13. The van der Waals surface area contributed by atoms with Crippen LogP contribution >= 0.6 is 0 Å². The smallest absolute Gasteiger partial charge is 1.00 e. The molecule has 0 radical (unpaired) electrons. The van der Waals surface area contributed by atoms with Crippen LogP contribution < -0.4 is 28.1 Å². The molecule has 0 bridgehead atoms. The first-order valence-electron chi connectivity index (χ1n) is 14.2. The third-order valence-electron chi connectivity index (χ3n) is 8.67. The minimum Gasteiger partial charge on any atom is -1.00 e. The number of hydrogen-bond donors (Lipinski definition) is 0. The van der Waals surface area contributed by atoms with Gasteiger partial charge in [-0.1, -0.05) is 0 Å². The van der Waals surface area contributed by atoms with Crippen LogP contribution in [0, 0.1) is 12.8 Å². The molecule has 0 aliphatic heterocycles. The van der Waals surface area contributed by atoms with E-state index in [2.05, 4.69) is 134 Å². The van der Waals surface area contributed by atoms with Gasteiger partial charge in [-0.2, -0.15) is 0 Å². The molecular weight excluding hydrogens is 607 g/mol. The molecular formula is C37H44Cl2Zr. The van der Waals surface area contributed by atoms with Crippen LogP contribution in [0.4, 0.5) is 0 Å². The number of halogens is 2. The van der Waals surface area contributed by atoms with Gasteiger partial charge < -0.3 is 24.8 Å². The molecule has 1 atom stereocenters. The second-order valence-corrected chi connectivity index (χ2v) is 19.1. The predicted molar refractivity (Wildman–Crippen MR) is 164 cm³/mol. The summed E-state index contributed by atoms with van der Waals surface area (Å²) in [6.45, 7) is 23.4. The molecule has 5 rings (SSSR count). The van der Waals surface area contributed by atoms with Crippen molar-refractivity contribution >= 4 is 6.98 Å². The minimum absolute atomic E-state index is 0. The van der Waals surface area contributed by atoms with Gasteiger partial charge in [-0.3, -0.25) is 0 Å². The van der Waals surface area contributed by atoms with Crippen molar-refractivity contribution in [3.63, 3.8) is 0 Å². The second-order valence-electron chi connectivity index (χ2n) is 13.7. The van der Waals surface area contributed by atoms with Crippen LogP contribution in [0.2, 0.25) is 0 Å². The van der Waals surface area contributed by atoms with Crippen molar-refractivity contribution < 1.29 is 46.1 Å². The third kappa shape index (κ3) is 6.28. The Balaban J connectivity index is 0.00000220. The van der Waals surface area contributed by atoms with Gasteiger partial charge >= 0.3 is 240 Å². The van der Waals surface area contributed by atoms with Crippen molar-refractivity contribution in [1.82, 2.24) is 0 Å². The summed E-state index contributed by atoms with van der Waals surface area (Å²) in [7, 11) is 0. The summed E-state index contributed by atoms with van der Waals surface area (Å²) in [5, 5.41) is 0. The summed E-state index contributed by atoms with van der Waals surface area (Å²) in [6.07, 6.45) is 3.57. The number of aryl methyl sites for hydroxylation is 1. The molecule has 1 unspecified atom stereocenters. The van der Waals surface area contributed by atoms with Gasteiger partial charge in [0.1, 0.15) is 0 Å². The number of fused-ring (bicyclic) bond motifs is 3. The van der Waals surface area contributed by atoms with Gasteiger partial charge in [-0.05, 0) is 0 Å². The Morgan fingerprint density at radius 2 is 1.35 bits per heavy atom. The Bertz CT molecular complexity index is 1520. The monoisotopic (exact) mass is 648 g/mol. The molecule has 0 saturated heterocycles. The van der Waals surface area contributed by atoms with Crippen LogP contribution in [0.25, 0.3) is 11.1 Å². The molecule has 0 heterocycles. The SMILES string of the molecule is CC1=CC(C)[C](/[Zr+2](=[CH]/c2ccc(C)cc2)[c]2cc(C(C)(C)C)cc3c2Cc2ccc(C(C)(C)C)cc2-3)=C1C.[Cl-].[Cl-]. The molecule has 210 valence electrons. The number of benzene rings is 3. The van der Waals surface area contributed by atoms with E-state index in [0.717, 1.165) is 6.42 Å². The standard InChI is InChI=1S/C21H25.C8H11.C8H8.2ClH.Zr/c1-20(2,3)16-9-7-14-11-15-8-10-17(21(4,5)6)13-19(15)18(14)12-16;1-6-4-7(2)8(3)5-6;1-7-3-5-8(2)6-4-7;;;/h7,9-10,12-13H,11H2,1-6H3;4,6H,1-3H3;1,3-6H,2H3;2*1H;/q;;;;;+2/p-2. The molecule has 0 nitrogen and oxygen atoms in total. The average Bonchev–Trinajstić information content (AvgIpc) is 3.32. The zero-order valence-corrected chi connectivity index (χ0v) is 29.9. The van der Waals surface area contributed by atoms with Gasteiger partial charge in [0.25, 0.3) is 0 Å². The maximum atomic E-state index is 2.73. The van der Waals surface area contributed by atoms with Gasteiger partial charge in [0.15, 0.2) is 0 Å². The Kier molecular flexibility index (Phi) is 9.89. The molecule has 0 amide bonds. The van der Waals surface area contributed by atoms with Gasteiger partial charge in [-0.25, -0.2) is 0 Å². The quantitative estimate of drug-likeness (QED) is 0.320. The molecule has 0 saturated carbocycles. The fourth-order valence-electron chi connectivity index (χ4n) is 6.13. The molecule has 0 spiro atoms. The number of rotatable bonds is 3. The fraction of sp³-hybridized carbons (Fsp3) is 0.378. The largest absolute Gasteiger partial charge is 1.00 e. The van der Waals surface area contributed by atoms with Crippen molar-refractivity contribution in [2.45, 2.75) is 86.5 Å². The Morgan fingerprint density at radius 1 is 0.750 bits per heavy atom. The van der Waals surface area contributed by atoms with E-state index in [1.165, 1.54) is 44.5 Å². The molecule has 0 fully saturated rings. The van der Waals surface area contributed by atoms with E-state index in [4.69, 9.17) is 0 Å². The van der Waals surface area contributed by atoms with Gasteiger partial charge in [-0.15, -0.1) is 0 Å². The molecule has 40 heavy (non-hydrogen) atoms. The molecule has 3 aromatic carbocycles.